The van der Waals surface area contributed by atoms with Crippen LogP contribution in [0.2, 0.25) is 0 Å². The summed E-state index contributed by atoms with van der Waals surface area (Å²) in [5, 5.41) is 3.19. The van der Waals surface area contributed by atoms with Gasteiger partial charge in [-0.1, -0.05) is 21.1 Å². The van der Waals surface area contributed by atoms with Crippen LogP contribution in [0.1, 0.15) is 11.7 Å². The fourth-order valence-electron chi connectivity index (χ4n) is 0.423. The van der Waals surface area contributed by atoms with Crippen molar-refractivity contribution >= 4 is 15.9 Å². The fourth-order valence-corrected chi connectivity index (χ4v) is 0.651. The van der Waals surface area contributed by atoms with E-state index < -0.39 is 12.1 Å². The van der Waals surface area contributed by atoms with E-state index in [1.807, 2.05) is 0 Å². The van der Waals surface area contributed by atoms with E-state index in [9.17, 15) is 13.2 Å². The third kappa shape index (κ3) is 1.92. The van der Waals surface area contributed by atoms with Gasteiger partial charge >= 0.3 is 12.1 Å². The van der Waals surface area contributed by atoms with Crippen molar-refractivity contribution in [2.45, 2.75) is 11.5 Å². The van der Waals surface area contributed by atoms with E-state index in [-0.39, 0.29) is 11.2 Å². The highest BCUT2D eigenvalue weighted by molar-refractivity contribution is 9.08. The van der Waals surface area contributed by atoms with Crippen LogP contribution in [0.15, 0.2) is 4.52 Å². The molecule has 0 aliphatic heterocycles. The Labute approximate surface area is 67.7 Å². The Morgan fingerprint density at radius 2 is 2.09 bits per heavy atom. The van der Waals surface area contributed by atoms with Crippen molar-refractivity contribution in [2.24, 2.45) is 0 Å². The second-order valence-corrected chi connectivity index (χ2v) is 2.21. The van der Waals surface area contributed by atoms with Crippen molar-refractivity contribution in [3.8, 4) is 0 Å². The average Bonchev–Trinajstić information content (AvgIpc) is 2.32. The normalized spacial score (nSPS) is 12.0. The van der Waals surface area contributed by atoms with Gasteiger partial charge in [0.1, 0.15) is 0 Å². The van der Waals surface area contributed by atoms with Crippen LogP contribution in [0.3, 0.4) is 0 Å². The first-order valence-electron chi connectivity index (χ1n) is 2.50. The molecular weight excluding hydrogens is 229 g/mol. The molecule has 0 atom stereocenters. The van der Waals surface area contributed by atoms with Crippen LogP contribution >= 0.6 is 15.9 Å². The molecule has 7 heteroatoms. The Morgan fingerprint density at radius 3 is 2.36 bits per heavy atom. The molecule has 1 heterocycles. The van der Waals surface area contributed by atoms with Crippen molar-refractivity contribution in [3.63, 3.8) is 0 Å². The van der Waals surface area contributed by atoms with Crippen LogP contribution < -0.4 is 0 Å². The van der Waals surface area contributed by atoms with Gasteiger partial charge in [0.2, 0.25) is 0 Å². The number of halogens is 4. The van der Waals surface area contributed by atoms with E-state index in [0.29, 0.717) is 0 Å². The van der Waals surface area contributed by atoms with Gasteiger partial charge in [0.25, 0.3) is 0 Å². The summed E-state index contributed by atoms with van der Waals surface area (Å²) in [5.41, 5.74) is 0. The van der Waals surface area contributed by atoms with Crippen LogP contribution in [0.4, 0.5) is 13.2 Å². The average molecular weight is 231 g/mol. The minimum atomic E-state index is -4.55. The quantitative estimate of drug-likeness (QED) is 0.693. The number of nitrogens with zero attached hydrogens (tertiary/aromatic N) is 2. The number of rotatable bonds is 1. The first-order valence-corrected chi connectivity index (χ1v) is 3.62. The molecule has 0 aliphatic carbocycles. The van der Waals surface area contributed by atoms with E-state index in [1.165, 1.54) is 0 Å². The lowest BCUT2D eigenvalue weighted by molar-refractivity contribution is -0.159. The summed E-state index contributed by atoms with van der Waals surface area (Å²) in [4.78, 5) is 3.05. The summed E-state index contributed by atoms with van der Waals surface area (Å²) in [5.74, 6) is -1.33. The maximum absolute atomic E-state index is 11.7. The van der Waals surface area contributed by atoms with Gasteiger partial charge in [-0.05, 0) is 0 Å². The first kappa shape index (κ1) is 8.51. The summed E-state index contributed by atoms with van der Waals surface area (Å²) in [6.45, 7) is 0. The van der Waals surface area contributed by atoms with Crippen molar-refractivity contribution in [1.82, 2.24) is 10.1 Å². The largest absolute Gasteiger partial charge is 0.471 e. The number of aromatic nitrogens is 2. The Kier molecular flexibility index (Phi) is 2.17. The topological polar surface area (TPSA) is 38.9 Å². The van der Waals surface area contributed by atoms with E-state index >= 15 is 0 Å². The predicted octanol–water partition coefficient (Wildman–Crippen LogP) is 1.98. The summed E-state index contributed by atoms with van der Waals surface area (Å²) in [6.07, 6.45) is -4.55. The third-order valence-corrected chi connectivity index (χ3v) is 1.33. The number of alkyl halides is 4. The SMILES string of the molecule is FC(F)(F)c1nc(CBr)no1. The van der Waals surface area contributed by atoms with E-state index in [4.69, 9.17) is 0 Å². The molecule has 0 bridgehead atoms. The van der Waals surface area contributed by atoms with Gasteiger partial charge in [0.15, 0.2) is 5.82 Å². The molecule has 0 N–H and O–H groups in total. The molecule has 1 aromatic rings. The maximum atomic E-state index is 11.7. The van der Waals surface area contributed by atoms with E-state index in [1.54, 1.807) is 0 Å². The van der Waals surface area contributed by atoms with E-state index in [2.05, 4.69) is 30.6 Å². The molecule has 62 valence electrons. The molecule has 0 saturated heterocycles. The minimum Gasteiger partial charge on any atom is -0.329 e. The molecule has 0 radical (unpaired) electrons. The molecular formula is C4H2BrF3N2O. The molecule has 0 unspecified atom stereocenters. The Hall–Kier alpha value is -0.590. The zero-order valence-corrected chi connectivity index (χ0v) is 6.61. The molecule has 0 spiro atoms. The van der Waals surface area contributed by atoms with Gasteiger partial charge in [-0.25, -0.2) is 0 Å². The monoisotopic (exact) mass is 230 g/mol. The summed E-state index contributed by atoms with van der Waals surface area (Å²) < 4.78 is 39.1. The van der Waals surface area contributed by atoms with Crippen LogP contribution in [0.25, 0.3) is 0 Å². The second-order valence-electron chi connectivity index (χ2n) is 1.65. The van der Waals surface area contributed by atoms with Gasteiger partial charge in [-0.15, -0.1) is 0 Å². The van der Waals surface area contributed by atoms with Crippen LogP contribution in [-0.4, -0.2) is 10.1 Å². The Morgan fingerprint density at radius 1 is 1.45 bits per heavy atom. The van der Waals surface area contributed by atoms with Crippen molar-refractivity contribution in [1.29, 1.82) is 0 Å². The summed E-state index contributed by atoms with van der Waals surface area (Å²) in [6, 6.07) is 0. The zero-order chi connectivity index (χ0) is 8.48. The van der Waals surface area contributed by atoms with Gasteiger partial charge in [0, 0.05) is 0 Å². The first-order chi connectivity index (χ1) is 5.04. The molecule has 3 nitrogen and oxygen atoms in total. The maximum Gasteiger partial charge on any atom is 0.471 e. The van der Waals surface area contributed by atoms with Gasteiger partial charge in [-0.3, -0.25) is 0 Å². The molecule has 1 aromatic heterocycles. The Bertz CT molecular complexity index is 246. The molecule has 1 rings (SSSR count). The molecule has 11 heavy (non-hydrogen) atoms. The lowest BCUT2D eigenvalue weighted by Crippen LogP contribution is -2.04. The van der Waals surface area contributed by atoms with Crippen molar-refractivity contribution in [2.75, 3.05) is 0 Å². The zero-order valence-electron chi connectivity index (χ0n) is 5.02. The molecule has 0 saturated carbocycles. The lowest BCUT2D eigenvalue weighted by Gasteiger charge is -1.95. The van der Waals surface area contributed by atoms with Crippen LogP contribution in [0, 0.1) is 0 Å². The minimum absolute atomic E-state index is 0.0164. The highest BCUT2D eigenvalue weighted by atomic mass is 79.9. The molecule has 0 fully saturated rings. The summed E-state index contributed by atoms with van der Waals surface area (Å²) in [7, 11) is 0. The van der Waals surface area contributed by atoms with Gasteiger partial charge in [0.05, 0.1) is 5.33 Å². The van der Waals surface area contributed by atoms with Crippen molar-refractivity contribution in [3.05, 3.63) is 11.7 Å². The lowest BCUT2D eigenvalue weighted by atomic mass is 10.6. The number of hydrogen-bond acceptors (Lipinski definition) is 3. The van der Waals surface area contributed by atoms with Gasteiger partial charge in [-0.2, -0.15) is 18.2 Å². The number of hydrogen-bond donors (Lipinski definition) is 0. The highest BCUT2D eigenvalue weighted by Gasteiger charge is 2.38. The Balaban J connectivity index is 2.89. The fraction of sp³-hybridized carbons (Fsp3) is 0.500. The van der Waals surface area contributed by atoms with Gasteiger partial charge < -0.3 is 4.52 Å². The third-order valence-electron chi connectivity index (χ3n) is 0.830. The predicted molar refractivity (Wildman–Crippen MR) is 31.9 cm³/mol. The van der Waals surface area contributed by atoms with Crippen molar-refractivity contribution < 1.29 is 17.7 Å². The smallest absolute Gasteiger partial charge is 0.329 e. The van der Waals surface area contributed by atoms with Crippen LogP contribution in [-0.2, 0) is 11.5 Å². The molecule has 0 amide bonds. The summed E-state index contributed by atoms with van der Waals surface area (Å²) >= 11 is 2.89. The van der Waals surface area contributed by atoms with E-state index in [0.717, 1.165) is 0 Å². The highest BCUT2D eigenvalue weighted by Crippen LogP contribution is 2.27. The standard InChI is InChI=1S/C4H2BrF3N2O/c5-1-2-9-3(11-10-2)4(6,7)8/h1H2. The molecule has 0 aromatic carbocycles. The molecule has 0 aliphatic rings. The van der Waals surface area contributed by atoms with Crippen LogP contribution in [0.5, 0.6) is 0 Å². The second kappa shape index (κ2) is 2.80.